The van der Waals surface area contributed by atoms with Crippen molar-refractivity contribution < 1.29 is 18.0 Å². The molecule has 1 fully saturated rings. The first-order chi connectivity index (χ1) is 9.38. The molecule has 0 aromatic carbocycles. The van der Waals surface area contributed by atoms with Gasteiger partial charge in [0.1, 0.15) is 5.82 Å². The SMILES string of the molecule is CNc1nc(NCC2CCC(=O)N2)cc(C(F)(F)F)n1. The highest BCUT2D eigenvalue weighted by atomic mass is 19.4. The van der Waals surface area contributed by atoms with Crippen molar-refractivity contribution in [3.8, 4) is 0 Å². The summed E-state index contributed by atoms with van der Waals surface area (Å²) in [7, 11) is 1.44. The summed E-state index contributed by atoms with van der Waals surface area (Å²) in [5.74, 6) is -0.0954. The third kappa shape index (κ3) is 3.49. The van der Waals surface area contributed by atoms with Crippen LogP contribution in [0.1, 0.15) is 18.5 Å². The number of hydrogen-bond acceptors (Lipinski definition) is 5. The second-order valence-corrected chi connectivity index (χ2v) is 4.39. The molecule has 0 bridgehead atoms. The Bertz CT molecular complexity index is 505. The molecule has 1 aliphatic rings. The Morgan fingerprint density at radius 2 is 2.20 bits per heavy atom. The largest absolute Gasteiger partial charge is 0.433 e. The van der Waals surface area contributed by atoms with E-state index in [-0.39, 0.29) is 23.7 Å². The highest BCUT2D eigenvalue weighted by molar-refractivity contribution is 5.78. The molecule has 0 aliphatic carbocycles. The van der Waals surface area contributed by atoms with E-state index >= 15 is 0 Å². The number of rotatable bonds is 4. The summed E-state index contributed by atoms with van der Waals surface area (Å²) in [6, 6.07) is 0.752. The molecule has 9 heteroatoms. The molecular weight excluding hydrogens is 275 g/mol. The number of nitrogens with one attached hydrogen (secondary N) is 3. The van der Waals surface area contributed by atoms with Gasteiger partial charge in [-0.05, 0) is 6.42 Å². The average Bonchev–Trinajstić information content (AvgIpc) is 2.81. The van der Waals surface area contributed by atoms with Gasteiger partial charge >= 0.3 is 6.18 Å². The molecule has 20 heavy (non-hydrogen) atoms. The fourth-order valence-electron chi connectivity index (χ4n) is 1.85. The van der Waals surface area contributed by atoms with E-state index in [0.29, 0.717) is 19.4 Å². The number of carbonyl (C=O) groups excluding carboxylic acids is 1. The molecule has 2 heterocycles. The second-order valence-electron chi connectivity index (χ2n) is 4.39. The van der Waals surface area contributed by atoms with E-state index in [0.717, 1.165) is 6.07 Å². The third-order valence-electron chi connectivity index (χ3n) is 2.85. The molecule has 110 valence electrons. The maximum atomic E-state index is 12.7. The van der Waals surface area contributed by atoms with Gasteiger partial charge in [-0.3, -0.25) is 4.79 Å². The first-order valence-electron chi connectivity index (χ1n) is 6.06. The third-order valence-corrected chi connectivity index (χ3v) is 2.85. The van der Waals surface area contributed by atoms with E-state index in [9.17, 15) is 18.0 Å². The van der Waals surface area contributed by atoms with Crippen LogP contribution >= 0.6 is 0 Å². The molecule has 0 spiro atoms. The van der Waals surface area contributed by atoms with Crippen LogP contribution in [-0.2, 0) is 11.0 Å². The summed E-state index contributed by atoms with van der Waals surface area (Å²) in [4.78, 5) is 18.3. The van der Waals surface area contributed by atoms with Gasteiger partial charge in [0.05, 0.1) is 0 Å². The van der Waals surface area contributed by atoms with Crippen LogP contribution in [0.15, 0.2) is 6.07 Å². The predicted molar refractivity (Wildman–Crippen MR) is 66.2 cm³/mol. The lowest BCUT2D eigenvalue weighted by Gasteiger charge is -2.14. The van der Waals surface area contributed by atoms with Gasteiger partial charge in [0.15, 0.2) is 5.69 Å². The lowest BCUT2D eigenvalue weighted by molar-refractivity contribution is -0.141. The van der Waals surface area contributed by atoms with Crippen molar-refractivity contribution in [2.24, 2.45) is 0 Å². The van der Waals surface area contributed by atoms with E-state index in [1.165, 1.54) is 7.05 Å². The monoisotopic (exact) mass is 289 g/mol. The van der Waals surface area contributed by atoms with Crippen molar-refractivity contribution in [3.05, 3.63) is 11.8 Å². The number of alkyl halides is 3. The fourth-order valence-corrected chi connectivity index (χ4v) is 1.85. The molecule has 0 radical (unpaired) electrons. The van der Waals surface area contributed by atoms with Crippen molar-refractivity contribution in [3.63, 3.8) is 0 Å². The van der Waals surface area contributed by atoms with Gasteiger partial charge in [-0.15, -0.1) is 0 Å². The number of aromatic nitrogens is 2. The smallest absolute Gasteiger partial charge is 0.368 e. The summed E-state index contributed by atoms with van der Waals surface area (Å²) in [6.07, 6.45) is -3.44. The summed E-state index contributed by atoms with van der Waals surface area (Å²) in [5, 5.41) is 7.99. The highest BCUT2D eigenvalue weighted by Crippen LogP contribution is 2.29. The van der Waals surface area contributed by atoms with E-state index in [1.54, 1.807) is 0 Å². The minimum absolute atomic E-state index is 0.0496. The standard InChI is InChI=1S/C11H14F3N5O/c1-15-10-18-7(11(12,13)14)4-8(19-10)16-5-6-2-3-9(20)17-6/h4,6H,2-3,5H2,1H3,(H,17,20)(H2,15,16,18,19). The molecule has 1 aliphatic heterocycles. The Hall–Kier alpha value is -2.06. The van der Waals surface area contributed by atoms with Crippen LogP contribution in [0.5, 0.6) is 0 Å². The van der Waals surface area contributed by atoms with Crippen molar-refractivity contribution >= 4 is 17.7 Å². The molecule has 1 unspecified atom stereocenters. The maximum Gasteiger partial charge on any atom is 0.433 e. The lowest BCUT2D eigenvalue weighted by atomic mass is 10.2. The Morgan fingerprint density at radius 1 is 1.45 bits per heavy atom. The van der Waals surface area contributed by atoms with Crippen LogP contribution in [0.3, 0.4) is 0 Å². The molecule has 1 atom stereocenters. The van der Waals surface area contributed by atoms with Crippen LogP contribution in [-0.4, -0.2) is 35.5 Å². The number of anilines is 2. The Kier molecular flexibility index (Phi) is 3.96. The second kappa shape index (κ2) is 5.51. The van der Waals surface area contributed by atoms with Crippen LogP contribution in [0, 0.1) is 0 Å². The molecule has 1 aromatic rings. The minimum atomic E-state index is -4.54. The van der Waals surface area contributed by atoms with Gasteiger partial charge in [-0.25, -0.2) is 4.98 Å². The molecule has 1 saturated heterocycles. The number of halogens is 3. The summed E-state index contributed by atoms with van der Waals surface area (Å²) < 4.78 is 38.0. The Morgan fingerprint density at radius 3 is 2.75 bits per heavy atom. The van der Waals surface area contributed by atoms with Gasteiger partial charge in [-0.1, -0.05) is 0 Å². The van der Waals surface area contributed by atoms with Crippen LogP contribution < -0.4 is 16.0 Å². The van der Waals surface area contributed by atoms with Gasteiger partial charge in [0.2, 0.25) is 11.9 Å². The molecular formula is C11H14F3N5O. The van der Waals surface area contributed by atoms with Gasteiger partial charge in [0, 0.05) is 32.1 Å². The van der Waals surface area contributed by atoms with Crippen LogP contribution in [0.4, 0.5) is 24.9 Å². The minimum Gasteiger partial charge on any atom is -0.368 e. The molecule has 0 saturated carbocycles. The first kappa shape index (κ1) is 14.4. The van der Waals surface area contributed by atoms with E-state index in [4.69, 9.17) is 0 Å². The molecule has 6 nitrogen and oxygen atoms in total. The fraction of sp³-hybridized carbons (Fsp3) is 0.545. The lowest BCUT2D eigenvalue weighted by Crippen LogP contribution is -2.32. The van der Waals surface area contributed by atoms with Crippen molar-refractivity contribution in [2.75, 3.05) is 24.2 Å². The number of hydrogen-bond donors (Lipinski definition) is 3. The van der Waals surface area contributed by atoms with Gasteiger partial charge in [-0.2, -0.15) is 18.2 Å². The van der Waals surface area contributed by atoms with Crippen LogP contribution in [0.2, 0.25) is 0 Å². The Labute approximate surface area is 113 Å². The Balaban J connectivity index is 2.08. The normalized spacial score (nSPS) is 18.8. The zero-order valence-corrected chi connectivity index (χ0v) is 10.7. The summed E-state index contributed by atoms with van der Waals surface area (Å²) in [5.41, 5.74) is -1.02. The summed E-state index contributed by atoms with van der Waals surface area (Å²) in [6.45, 7) is 0.323. The number of amides is 1. The average molecular weight is 289 g/mol. The maximum absolute atomic E-state index is 12.7. The quantitative estimate of drug-likeness (QED) is 0.777. The van der Waals surface area contributed by atoms with Crippen molar-refractivity contribution in [1.29, 1.82) is 0 Å². The van der Waals surface area contributed by atoms with Gasteiger partial charge < -0.3 is 16.0 Å². The molecule has 1 amide bonds. The summed E-state index contributed by atoms with van der Waals surface area (Å²) >= 11 is 0. The molecule has 2 rings (SSSR count). The van der Waals surface area contributed by atoms with E-state index < -0.39 is 11.9 Å². The van der Waals surface area contributed by atoms with Crippen LogP contribution in [0.25, 0.3) is 0 Å². The molecule has 1 aromatic heterocycles. The predicted octanol–water partition coefficient (Wildman–Crippen LogP) is 1.23. The molecule has 3 N–H and O–H groups in total. The number of nitrogens with zero attached hydrogens (tertiary/aromatic N) is 2. The zero-order valence-electron chi connectivity index (χ0n) is 10.7. The zero-order chi connectivity index (χ0) is 14.8. The van der Waals surface area contributed by atoms with E-state index in [1.807, 2.05) is 0 Å². The van der Waals surface area contributed by atoms with Gasteiger partial charge in [0.25, 0.3) is 0 Å². The topological polar surface area (TPSA) is 78.9 Å². The first-order valence-corrected chi connectivity index (χ1v) is 6.06. The van der Waals surface area contributed by atoms with Crippen molar-refractivity contribution in [1.82, 2.24) is 15.3 Å². The van der Waals surface area contributed by atoms with Crippen molar-refractivity contribution in [2.45, 2.75) is 25.1 Å². The number of carbonyl (C=O) groups is 1. The highest BCUT2D eigenvalue weighted by Gasteiger charge is 2.33. The van der Waals surface area contributed by atoms with E-state index in [2.05, 4.69) is 25.9 Å².